The second-order valence-electron chi connectivity index (χ2n) is 7.23. The topological polar surface area (TPSA) is 32.3 Å². The predicted octanol–water partition coefficient (Wildman–Crippen LogP) is 4.27. The maximum atomic E-state index is 9.31. The molecule has 1 aromatic rings. The summed E-state index contributed by atoms with van der Waals surface area (Å²) in [6, 6.07) is 8.97. The Bertz CT molecular complexity index is 437. The summed E-state index contributed by atoms with van der Waals surface area (Å²) in [6.07, 6.45) is 10.9. The van der Waals surface area contributed by atoms with Crippen molar-refractivity contribution in [2.24, 2.45) is 11.8 Å². The van der Waals surface area contributed by atoms with E-state index >= 15 is 0 Å². The Balaban J connectivity index is 1.40. The maximum Gasteiger partial charge on any atom is 0.115 e. The SMILES string of the molecule is CC(CCc1ccc(O)cc1)NC1CCCC(C2CC2)C1. The number of rotatable bonds is 6. The second kappa shape index (κ2) is 6.83. The van der Waals surface area contributed by atoms with E-state index in [0.29, 0.717) is 11.8 Å². The van der Waals surface area contributed by atoms with Gasteiger partial charge >= 0.3 is 0 Å². The van der Waals surface area contributed by atoms with Crippen LogP contribution < -0.4 is 5.32 Å². The molecule has 21 heavy (non-hydrogen) atoms. The van der Waals surface area contributed by atoms with Gasteiger partial charge < -0.3 is 10.4 Å². The molecule has 3 unspecified atom stereocenters. The van der Waals surface area contributed by atoms with Crippen LogP contribution in [0.2, 0.25) is 0 Å². The van der Waals surface area contributed by atoms with Crippen LogP contribution in [0.15, 0.2) is 24.3 Å². The minimum atomic E-state index is 0.359. The number of aryl methyl sites for hydroxylation is 1. The fraction of sp³-hybridized carbons (Fsp3) is 0.684. The van der Waals surface area contributed by atoms with Crippen LogP contribution in [0.1, 0.15) is 57.4 Å². The lowest BCUT2D eigenvalue weighted by Crippen LogP contribution is -2.40. The molecule has 2 aliphatic rings. The number of hydrogen-bond acceptors (Lipinski definition) is 2. The van der Waals surface area contributed by atoms with Crippen LogP contribution in [0, 0.1) is 11.8 Å². The minimum absolute atomic E-state index is 0.359. The second-order valence-corrected chi connectivity index (χ2v) is 7.23. The van der Waals surface area contributed by atoms with Crippen LogP contribution in [0.25, 0.3) is 0 Å². The average Bonchev–Trinajstić information content (AvgIpc) is 3.32. The van der Waals surface area contributed by atoms with Gasteiger partial charge in [0.1, 0.15) is 5.75 Å². The molecular weight excluding hydrogens is 258 g/mol. The van der Waals surface area contributed by atoms with Crippen molar-refractivity contribution in [3.8, 4) is 5.75 Å². The van der Waals surface area contributed by atoms with Gasteiger partial charge in [0, 0.05) is 12.1 Å². The molecule has 0 saturated heterocycles. The number of aromatic hydroxyl groups is 1. The highest BCUT2D eigenvalue weighted by molar-refractivity contribution is 5.25. The van der Waals surface area contributed by atoms with E-state index in [1.54, 1.807) is 12.1 Å². The van der Waals surface area contributed by atoms with Gasteiger partial charge in [-0.05, 0) is 75.0 Å². The highest BCUT2D eigenvalue weighted by atomic mass is 16.3. The third-order valence-electron chi connectivity index (χ3n) is 5.33. The number of phenols is 1. The lowest BCUT2D eigenvalue weighted by Gasteiger charge is -2.32. The van der Waals surface area contributed by atoms with Gasteiger partial charge in [-0.25, -0.2) is 0 Å². The van der Waals surface area contributed by atoms with E-state index in [1.165, 1.54) is 50.5 Å². The van der Waals surface area contributed by atoms with Gasteiger partial charge in [-0.3, -0.25) is 0 Å². The Morgan fingerprint density at radius 2 is 1.86 bits per heavy atom. The molecule has 2 saturated carbocycles. The zero-order chi connectivity index (χ0) is 14.7. The van der Waals surface area contributed by atoms with Crippen molar-refractivity contribution in [1.82, 2.24) is 5.32 Å². The highest BCUT2D eigenvalue weighted by Crippen LogP contribution is 2.43. The van der Waals surface area contributed by atoms with E-state index in [0.717, 1.165) is 24.3 Å². The standard InChI is InChI=1S/C19H29NO/c1-14(5-6-15-7-11-19(21)12-8-15)20-18-4-2-3-17(13-18)16-9-10-16/h7-8,11-12,14,16-18,20-21H,2-6,9-10,13H2,1H3. The molecule has 0 aliphatic heterocycles. The molecular formula is C19H29NO. The molecule has 3 atom stereocenters. The molecule has 0 aromatic heterocycles. The summed E-state index contributed by atoms with van der Waals surface area (Å²) >= 11 is 0. The van der Waals surface area contributed by atoms with Crippen LogP contribution in [0.3, 0.4) is 0 Å². The first-order chi connectivity index (χ1) is 10.2. The molecule has 2 fully saturated rings. The molecule has 2 aliphatic carbocycles. The lowest BCUT2D eigenvalue weighted by molar-refractivity contribution is 0.246. The molecule has 0 bridgehead atoms. The zero-order valence-corrected chi connectivity index (χ0v) is 13.2. The fourth-order valence-electron chi connectivity index (χ4n) is 3.91. The Morgan fingerprint density at radius 3 is 2.57 bits per heavy atom. The van der Waals surface area contributed by atoms with E-state index in [4.69, 9.17) is 0 Å². The quantitative estimate of drug-likeness (QED) is 0.819. The van der Waals surface area contributed by atoms with E-state index < -0.39 is 0 Å². The first-order valence-corrected chi connectivity index (χ1v) is 8.74. The summed E-state index contributed by atoms with van der Waals surface area (Å²) in [5, 5.41) is 13.2. The van der Waals surface area contributed by atoms with Crippen molar-refractivity contribution in [2.75, 3.05) is 0 Å². The third-order valence-corrected chi connectivity index (χ3v) is 5.33. The minimum Gasteiger partial charge on any atom is -0.508 e. The fourth-order valence-corrected chi connectivity index (χ4v) is 3.91. The van der Waals surface area contributed by atoms with E-state index in [9.17, 15) is 5.11 Å². The first-order valence-electron chi connectivity index (χ1n) is 8.74. The predicted molar refractivity (Wildman–Crippen MR) is 87.5 cm³/mol. The van der Waals surface area contributed by atoms with Crippen LogP contribution in [0.5, 0.6) is 5.75 Å². The van der Waals surface area contributed by atoms with Gasteiger partial charge in [-0.1, -0.05) is 25.0 Å². The van der Waals surface area contributed by atoms with Gasteiger partial charge in [-0.15, -0.1) is 0 Å². The third kappa shape index (κ3) is 4.47. The van der Waals surface area contributed by atoms with E-state index in [2.05, 4.69) is 12.2 Å². The zero-order valence-electron chi connectivity index (χ0n) is 13.2. The summed E-state index contributed by atoms with van der Waals surface area (Å²) in [7, 11) is 0. The van der Waals surface area contributed by atoms with Gasteiger partial charge in [-0.2, -0.15) is 0 Å². The number of phenolic OH excluding ortho intramolecular Hbond substituents is 1. The smallest absolute Gasteiger partial charge is 0.115 e. The Morgan fingerprint density at radius 1 is 1.10 bits per heavy atom. The van der Waals surface area contributed by atoms with Gasteiger partial charge in [0.15, 0.2) is 0 Å². The molecule has 2 nitrogen and oxygen atoms in total. The number of benzene rings is 1. The Kier molecular flexibility index (Phi) is 4.84. The summed E-state index contributed by atoms with van der Waals surface area (Å²) in [4.78, 5) is 0. The largest absolute Gasteiger partial charge is 0.508 e. The molecule has 2 N–H and O–H groups in total. The van der Waals surface area contributed by atoms with Crippen molar-refractivity contribution < 1.29 is 5.11 Å². The summed E-state index contributed by atoms with van der Waals surface area (Å²) in [5.41, 5.74) is 1.32. The normalized spacial score (nSPS) is 27.5. The first kappa shape index (κ1) is 14.9. The van der Waals surface area contributed by atoms with Crippen molar-refractivity contribution >= 4 is 0 Å². The van der Waals surface area contributed by atoms with Gasteiger partial charge in [0.05, 0.1) is 0 Å². The van der Waals surface area contributed by atoms with Crippen molar-refractivity contribution in [1.29, 1.82) is 0 Å². The van der Waals surface area contributed by atoms with Crippen LogP contribution in [0.4, 0.5) is 0 Å². The maximum absolute atomic E-state index is 9.31. The molecule has 2 heteroatoms. The Labute approximate surface area is 129 Å². The lowest BCUT2D eigenvalue weighted by atomic mass is 9.82. The van der Waals surface area contributed by atoms with E-state index in [1.807, 2.05) is 12.1 Å². The number of hydrogen-bond donors (Lipinski definition) is 2. The summed E-state index contributed by atoms with van der Waals surface area (Å²) in [6.45, 7) is 2.32. The molecule has 3 rings (SSSR count). The average molecular weight is 287 g/mol. The van der Waals surface area contributed by atoms with Crippen molar-refractivity contribution in [3.05, 3.63) is 29.8 Å². The van der Waals surface area contributed by atoms with Gasteiger partial charge in [0.25, 0.3) is 0 Å². The molecule has 0 spiro atoms. The molecule has 0 radical (unpaired) electrons. The van der Waals surface area contributed by atoms with Crippen molar-refractivity contribution in [2.45, 2.75) is 70.4 Å². The molecule has 0 heterocycles. The molecule has 1 aromatic carbocycles. The van der Waals surface area contributed by atoms with Crippen LogP contribution >= 0.6 is 0 Å². The monoisotopic (exact) mass is 287 g/mol. The van der Waals surface area contributed by atoms with Gasteiger partial charge in [0.2, 0.25) is 0 Å². The van der Waals surface area contributed by atoms with Crippen LogP contribution in [-0.2, 0) is 6.42 Å². The number of nitrogens with one attached hydrogen (secondary N) is 1. The van der Waals surface area contributed by atoms with Crippen molar-refractivity contribution in [3.63, 3.8) is 0 Å². The van der Waals surface area contributed by atoms with E-state index in [-0.39, 0.29) is 0 Å². The Hall–Kier alpha value is -1.02. The summed E-state index contributed by atoms with van der Waals surface area (Å²) in [5.74, 6) is 2.45. The molecule has 116 valence electrons. The van der Waals surface area contributed by atoms with Crippen LogP contribution in [-0.4, -0.2) is 17.2 Å². The molecule has 0 amide bonds. The highest BCUT2D eigenvalue weighted by Gasteiger charge is 2.34. The summed E-state index contributed by atoms with van der Waals surface area (Å²) < 4.78 is 0.